The van der Waals surface area contributed by atoms with Gasteiger partial charge < -0.3 is 19.9 Å². The van der Waals surface area contributed by atoms with Crippen LogP contribution < -0.4 is 21.7 Å². The molecule has 8 aromatic rings. The van der Waals surface area contributed by atoms with Crippen LogP contribution in [0.3, 0.4) is 0 Å². The molecular formula is C41H21ClF16N4O4. The molecule has 66 heavy (non-hydrogen) atoms. The van der Waals surface area contributed by atoms with Crippen molar-refractivity contribution in [3.8, 4) is 0 Å². The van der Waals surface area contributed by atoms with Crippen molar-refractivity contribution in [2.75, 3.05) is 0 Å². The van der Waals surface area contributed by atoms with Crippen LogP contribution >= 0.6 is 11.6 Å². The average Bonchev–Trinajstić information content (AvgIpc) is 3.20. The molecule has 0 atom stereocenters. The van der Waals surface area contributed by atoms with Crippen LogP contribution in [0.4, 0.5) is 70.2 Å². The fraction of sp³-hybridized carbons (Fsp3) is 0.122. The largest absolute Gasteiger partial charge is 0.431 e. The summed E-state index contributed by atoms with van der Waals surface area (Å²) in [6, 6.07) is 18.3. The summed E-state index contributed by atoms with van der Waals surface area (Å²) in [5.74, 6) is -0.888. The molecular weight excluding hydrogens is 952 g/mol. The van der Waals surface area contributed by atoms with Gasteiger partial charge in [-0.25, -0.2) is 4.39 Å². The van der Waals surface area contributed by atoms with E-state index in [0.29, 0.717) is 24.3 Å². The number of nitrogens with one attached hydrogen (secondary N) is 4. The minimum absolute atomic E-state index is 0.00370. The van der Waals surface area contributed by atoms with Crippen molar-refractivity contribution in [3.05, 3.63) is 183 Å². The van der Waals surface area contributed by atoms with Gasteiger partial charge >= 0.3 is 30.9 Å². The fourth-order valence-electron chi connectivity index (χ4n) is 5.79. The number of halogens is 17. The van der Waals surface area contributed by atoms with Crippen LogP contribution in [0.5, 0.6) is 0 Å². The number of H-pyrrole nitrogens is 4. The number of aromatic amines is 4. The molecule has 0 saturated carbocycles. The van der Waals surface area contributed by atoms with Crippen LogP contribution in [0.2, 0.25) is 5.02 Å². The summed E-state index contributed by atoms with van der Waals surface area (Å²) in [5.41, 5.74) is -10.6. The Morgan fingerprint density at radius 3 is 1.18 bits per heavy atom. The van der Waals surface area contributed by atoms with E-state index >= 15 is 0 Å². The number of aromatic nitrogens is 4. The van der Waals surface area contributed by atoms with Crippen molar-refractivity contribution in [3.63, 3.8) is 0 Å². The van der Waals surface area contributed by atoms with Gasteiger partial charge in [-0.2, -0.15) is 65.9 Å². The predicted molar refractivity (Wildman–Crippen MR) is 208 cm³/mol. The molecule has 0 aliphatic rings. The van der Waals surface area contributed by atoms with Gasteiger partial charge in [0.25, 0.3) is 0 Å². The van der Waals surface area contributed by atoms with Gasteiger partial charge in [-0.05, 0) is 48.5 Å². The van der Waals surface area contributed by atoms with E-state index in [2.05, 4.69) is 9.97 Å². The lowest BCUT2D eigenvalue weighted by Crippen LogP contribution is -2.16. The standard InChI is InChI=1S/C11H5F6NO.C10H5ClF3NO.C10H5F4NO.C10H6F3NO/c12-10(13,14)6-3-1-2-5-7(19)4-8(11(15,16)17)18-9(5)6;2*11-6-3-1-2-5-7(16)4-8(10(12,13)14)15-9(5)6;11-10(12,13)9-5-8(15)6-3-1-2-4-7(6)14-9/h1-4H,(H,18,19);2*1-4H,(H,15,16);1-5H,(H,14,15). The molecule has 0 bridgehead atoms. The Hall–Kier alpha value is -7.11. The maximum atomic E-state index is 13.2. The zero-order valence-corrected chi connectivity index (χ0v) is 32.6. The maximum absolute atomic E-state index is 13.2. The van der Waals surface area contributed by atoms with E-state index in [0.717, 1.165) is 18.2 Å². The highest BCUT2D eigenvalue weighted by Crippen LogP contribution is 2.35. The summed E-state index contributed by atoms with van der Waals surface area (Å²) in [6.07, 6.45) is -23.6. The third kappa shape index (κ3) is 11.6. The smallest absolute Gasteiger partial charge is 0.351 e. The summed E-state index contributed by atoms with van der Waals surface area (Å²) in [6.45, 7) is 0. The number of hydrogen-bond donors (Lipinski definition) is 4. The molecule has 25 heteroatoms. The maximum Gasteiger partial charge on any atom is 0.431 e. The summed E-state index contributed by atoms with van der Waals surface area (Å²) >= 11 is 5.71. The first-order valence-corrected chi connectivity index (χ1v) is 18.0. The summed E-state index contributed by atoms with van der Waals surface area (Å²) in [7, 11) is 0. The number of pyridine rings is 4. The van der Waals surface area contributed by atoms with E-state index in [-0.39, 0.29) is 38.3 Å². The van der Waals surface area contributed by atoms with E-state index in [1.54, 1.807) is 17.1 Å². The Kier molecular flexibility index (Phi) is 13.9. The monoisotopic (exact) mass is 972 g/mol. The van der Waals surface area contributed by atoms with Gasteiger partial charge in [0.05, 0.1) is 27.1 Å². The van der Waals surface area contributed by atoms with Gasteiger partial charge in [-0.3, -0.25) is 19.2 Å². The van der Waals surface area contributed by atoms with Crippen molar-refractivity contribution >= 4 is 55.2 Å². The normalized spacial score (nSPS) is 12.3. The molecule has 348 valence electrons. The van der Waals surface area contributed by atoms with Crippen molar-refractivity contribution in [1.82, 2.24) is 19.9 Å². The van der Waals surface area contributed by atoms with Gasteiger partial charge in [0.2, 0.25) is 0 Å². The van der Waals surface area contributed by atoms with Crippen molar-refractivity contribution in [1.29, 1.82) is 0 Å². The van der Waals surface area contributed by atoms with Crippen molar-refractivity contribution in [2.24, 2.45) is 0 Å². The van der Waals surface area contributed by atoms with E-state index in [9.17, 15) is 89.4 Å². The molecule has 4 heterocycles. The molecule has 8 rings (SSSR count). The van der Waals surface area contributed by atoms with Crippen LogP contribution in [-0.4, -0.2) is 19.9 Å². The number of rotatable bonds is 0. The van der Waals surface area contributed by atoms with Crippen molar-refractivity contribution in [2.45, 2.75) is 30.9 Å². The van der Waals surface area contributed by atoms with Crippen LogP contribution in [0.25, 0.3) is 43.6 Å². The van der Waals surface area contributed by atoms with Gasteiger partial charge in [0, 0.05) is 51.3 Å². The molecule has 0 radical (unpaired) electrons. The van der Waals surface area contributed by atoms with Crippen LogP contribution in [0.15, 0.2) is 122 Å². The Morgan fingerprint density at radius 2 is 0.712 bits per heavy atom. The zero-order valence-electron chi connectivity index (χ0n) is 31.9. The lowest BCUT2D eigenvalue weighted by molar-refractivity contribution is -0.142. The Bertz CT molecular complexity index is 3220. The second-order valence-electron chi connectivity index (χ2n) is 13.3. The minimum Gasteiger partial charge on any atom is -0.351 e. The van der Waals surface area contributed by atoms with Gasteiger partial charge in [-0.1, -0.05) is 41.9 Å². The summed E-state index contributed by atoms with van der Waals surface area (Å²) in [4.78, 5) is 53.3. The quantitative estimate of drug-likeness (QED) is 0.113. The van der Waals surface area contributed by atoms with Gasteiger partial charge in [0.1, 0.15) is 28.6 Å². The van der Waals surface area contributed by atoms with Crippen LogP contribution in [0, 0.1) is 5.82 Å². The van der Waals surface area contributed by atoms with Gasteiger partial charge in [-0.15, -0.1) is 0 Å². The molecule has 4 aromatic heterocycles. The first-order chi connectivity index (χ1) is 30.4. The van der Waals surface area contributed by atoms with E-state index in [4.69, 9.17) is 11.6 Å². The lowest BCUT2D eigenvalue weighted by Gasteiger charge is -2.12. The Labute approximate surface area is 359 Å². The van der Waals surface area contributed by atoms with E-state index in [1.807, 2.05) is 4.98 Å². The first-order valence-electron chi connectivity index (χ1n) is 17.6. The molecule has 0 aliphatic carbocycles. The molecule has 0 unspecified atom stereocenters. The highest BCUT2D eigenvalue weighted by Gasteiger charge is 2.37. The Morgan fingerprint density at radius 1 is 0.364 bits per heavy atom. The predicted octanol–water partition coefficient (Wildman–Crippen LogP) is 12.0. The average molecular weight is 973 g/mol. The Balaban J connectivity index is 0.000000166. The van der Waals surface area contributed by atoms with Crippen LogP contribution in [0.1, 0.15) is 28.3 Å². The number of para-hydroxylation sites is 4. The van der Waals surface area contributed by atoms with Crippen molar-refractivity contribution < 1.29 is 70.2 Å². The zero-order chi connectivity index (χ0) is 49.3. The van der Waals surface area contributed by atoms with E-state index < -0.39 is 103 Å². The second-order valence-corrected chi connectivity index (χ2v) is 13.7. The number of benzene rings is 4. The third-order valence-electron chi connectivity index (χ3n) is 8.76. The first kappa shape index (κ1) is 49.9. The minimum atomic E-state index is -4.92. The number of alkyl halides is 15. The number of fused-ring (bicyclic) bond motifs is 4. The fourth-order valence-corrected chi connectivity index (χ4v) is 6.01. The highest BCUT2D eigenvalue weighted by atomic mass is 35.5. The number of hydrogen-bond acceptors (Lipinski definition) is 4. The lowest BCUT2D eigenvalue weighted by atomic mass is 10.1. The molecule has 0 amide bonds. The summed E-state index contributed by atoms with van der Waals surface area (Å²) in [5, 5.41) is -0.0671. The molecule has 4 aromatic carbocycles. The molecule has 0 spiro atoms. The molecule has 0 fully saturated rings. The highest BCUT2D eigenvalue weighted by molar-refractivity contribution is 6.35. The molecule has 8 nitrogen and oxygen atoms in total. The van der Waals surface area contributed by atoms with Crippen LogP contribution in [-0.2, 0) is 30.9 Å². The summed E-state index contributed by atoms with van der Waals surface area (Å²) < 4.78 is 200. The van der Waals surface area contributed by atoms with E-state index in [1.165, 1.54) is 42.5 Å². The SMILES string of the molecule is O=c1cc(C(F)(F)F)[nH]c2c(C(F)(F)F)cccc12.O=c1cc(C(F)(F)F)[nH]c2c(Cl)cccc12.O=c1cc(C(F)(F)F)[nH]c2c(F)cccc12.O=c1cc(C(F)(F)F)[nH]c2ccccc12. The molecule has 4 N–H and O–H groups in total. The third-order valence-corrected chi connectivity index (χ3v) is 9.07. The second kappa shape index (κ2) is 18.4. The molecule has 0 aliphatic heterocycles. The molecule has 0 saturated heterocycles. The van der Waals surface area contributed by atoms with Gasteiger partial charge in [0.15, 0.2) is 21.7 Å². The topological polar surface area (TPSA) is 131 Å².